The van der Waals surface area contributed by atoms with Crippen molar-refractivity contribution in [3.05, 3.63) is 11.2 Å². The summed E-state index contributed by atoms with van der Waals surface area (Å²) in [6.07, 6.45) is 1.09. The van der Waals surface area contributed by atoms with Gasteiger partial charge in [0, 0.05) is 31.7 Å². The second kappa shape index (κ2) is 7.00. The van der Waals surface area contributed by atoms with Crippen LogP contribution in [-0.4, -0.2) is 72.0 Å². The minimum Gasteiger partial charge on any atom is -0.353 e. The van der Waals surface area contributed by atoms with Gasteiger partial charge >= 0.3 is 0 Å². The first-order valence-corrected chi connectivity index (χ1v) is 10.9. The molecular formula is C15H20ClN9O2S. The van der Waals surface area contributed by atoms with Crippen LogP contribution in [0, 0.1) is 11.3 Å². The number of hydrogen-bond donors (Lipinski definition) is 3. The average Bonchev–Trinajstić information content (AvgIpc) is 3.25. The van der Waals surface area contributed by atoms with Crippen LogP contribution in [0.4, 0.5) is 11.9 Å². The smallest absolute Gasteiger partial charge is 0.230 e. The Kier molecular flexibility index (Phi) is 4.78. The number of nitriles is 1. The molecule has 1 aliphatic heterocycles. The van der Waals surface area contributed by atoms with Gasteiger partial charge in [-0.1, -0.05) is 11.6 Å². The van der Waals surface area contributed by atoms with E-state index < -0.39 is 15.6 Å². The molecule has 0 atom stereocenters. The third-order valence-corrected chi connectivity index (χ3v) is 6.45. The Labute approximate surface area is 167 Å². The molecule has 1 saturated carbocycles. The minimum atomic E-state index is -3.59. The fourth-order valence-corrected chi connectivity index (χ4v) is 4.43. The van der Waals surface area contributed by atoms with Crippen molar-refractivity contribution in [1.82, 2.24) is 29.6 Å². The van der Waals surface area contributed by atoms with Crippen LogP contribution >= 0.6 is 11.6 Å². The van der Waals surface area contributed by atoms with Gasteiger partial charge in [-0.2, -0.15) is 29.6 Å². The molecule has 28 heavy (non-hydrogen) atoms. The molecule has 1 aliphatic carbocycles. The zero-order valence-electron chi connectivity index (χ0n) is 15.2. The van der Waals surface area contributed by atoms with E-state index in [0.717, 1.165) is 13.1 Å². The van der Waals surface area contributed by atoms with Crippen molar-refractivity contribution in [2.75, 3.05) is 42.7 Å². The number of hydrogen-bond acceptors (Lipinski definition) is 9. The van der Waals surface area contributed by atoms with E-state index in [1.54, 1.807) is 6.07 Å². The zero-order valence-corrected chi connectivity index (χ0v) is 16.8. The molecule has 150 valence electrons. The van der Waals surface area contributed by atoms with Gasteiger partial charge in [-0.05, 0) is 19.9 Å². The minimum absolute atomic E-state index is 0.0962. The van der Waals surface area contributed by atoms with Gasteiger partial charge in [0.15, 0.2) is 10.8 Å². The molecule has 2 fully saturated rings. The van der Waals surface area contributed by atoms with Gasteiger partial charge in [-0.25, -0.2) is 8.42 Å². The summed E-state index contributed by atoms with van der Waals surface area (Å²) < 4.78 is 28.3. The monoisotopic (exact) mass is 425 g/mol. The van der Waals surface area contributed by atoms with Crippen molar-refractivity contribution < 1.29 is 8.42 Å². The van der Waals surface area contributed by atoms with Crippen molar-refractivity contribution in [2.45, 2.75) is 24.4 Å². The van der Waals surface area contributed by atoms with E-state index in [1.165, 1.54) is 4.52 Å². The summed E-state index contributed by atoms with van der Waals surface area (Å²) in [5.41, 5.74) is -0.404. The van der Waals surface area contributed by atoms with Gasteiger partial charge in [-0.15, -0.1) is 0 Å². The SMILES string of the molecule is CNC1CN(c2nc(NCCS(=O)(=O)NC3(C#N)CC3)n3nc(Cl)cc3n2)C1. The highest BCUT2D eigenvalue weighted by atomic mass is 35.5. The number of halogens is 1. The van der Waals surface area contributed by atoms with Crippen LogP contribution in [-0.2, 0) is 10.0 Å². The topological polar surface area (TPSA) is 140 Å². The van der Waals surface area contributed by atoms with E-state index in [-0.39, 0.29) is 17.5 Å². The fraction of sp³-hybridized carbons (Fsp3) is 0.600. The van der Waals surface area contributed by atoms with Gasteiger partial charge in [-0.3, -0.25) is 0 Å². The molecule has 0 unspecified atom stereocenters. The Morgan fingerprint density at radius 3 is 2.79 bits per heavy atom. The summed E-state index contributed by atoms with van der Waals surface area (Å²) in [6.45, 7) is 1.66. The second-order valence-corrected chi connectivity index (χ2v) is 9.25. The maximum atomic E-state index is 12.2. The number of nitrogens with zero attached hydrogens (tertiary/aromatic N) is 6. The first-order chi connectivity index (χ1) is 13.3. The standard InChI is InChI=1S/C15H20ClN9O2S/c1-18-10-7-24(8-10)14-20-12-6-11(16)22-25(12)13(21-14)19-4-5-28(26,27)23-15(9-17)2-3-15/h6,10,18,23H,2-5,7-8H2,1H3,(H,19,20,21). The first kappa shape index (κ1) is 19.1. The van der Waals surface area contributed by atoms with Gasteiger partial charge in [0.2, 0.25) is 21.9 Å². The third-order valence-electron chi connectivity index (χ3n) is 4.82. The van der Waals surface area contributed by atoms with E-state index in [0.29, 0.717) is 36.4 Å². The molecule has 1 saturated heterocycles. The Morgan fingerprint density at radius 2 is 2.14 bits per heavy atom. The molecule has 3 N–H and O–H groups in total. The van der Waals surface area contributed by atoms with Crippen molar-refractivity contribution in [1.29, 1.82) is 5.26 Å². The number of rotatable bonds is 8. The number of sulfonamides is 1. The number of aromatic nitrogens is 4. The molecule has 0 bridgehead atoms. The molecule has 2 aromatic rings. The highest BCUT2D eigenvalue weighted by Gasteiger charge is 2.46. The number of fused-ring (bicyclic) bond motifs is 1. The van der Waals surface area contributed by atoms with Crippen LogP contribution in [0.1, 0.15) is 12.8 Å². The van der Waals surface area contributed by atoms with E-state index >= 15 is 0 Å². The summed E-state index contributed by atoms with van der Waals surface area (Å²) in [4.78, 5) is 11.0. The van der Waals surface area contributed by atoms with Crippen LogP contribution in [0.25, 0.3) is 5.65 Å². The molecular weight excluding hydrogens is 406 g/mol. The molecule has 0 radical (unpaired) electrons. The molecule has 0 amide bonds. The summed E-state index contributed by atoms with van der Waals surface area (Å²) in [7, 11) is -1.69. The maximum absolute atomic E-state index is 12.2. The molecule has 2 aromatic heterocycles. The summed E-state index contributed by atoms with van der Waals surface area (Å²) in [6, 6.07) is 4.02. The van der Waals surface area contributed by atoms with Crippen molar-refractivity contribution >= 4 is 39.2 Å². The van der Waals surface area contributed by atoms with E-state index in [4.69, 9.17) is 16.9 Å². The quantitative estimate of drug-likeness (QED) is 0.513. The van der Waals surface area contributed by atoms with Crippen molar-refractivity contribution in [3.8, 4) is 6.07 Å². The lowest BCUT2D eigenvalue weighted by atomic mass is 10.1. The van der Waals surface area contributed by atoms with E-state index in [2.05, 4.69) is 30.4 Å². The van der Waals surface area contributed by atoms with Crippen LogP contribution in [0.2, 0.25) is 5.15 Å². The molecule has 3 heterocycles. The first-order valence-electron chi connectivity index (χ1n) is 8.85. The molecule has 4 rings (SSSR count). The van der Waals surface area contributed by atoms with Crippen LogP contribution in [0.15, 0.2) is 6.07 Å². The van der Waals surface area contributed by atoms with Gasteiger partial charge < -0.3 is 15.5 Å². The Hall–Kier alpha value is -2.20. The second-order valence-electron chi connectivity index (χ2n) is 7.02. The summed E-state index contributed by atoms with van der Waals surface area (Å²) >= 11 is 6.00. The van der Waals surface area contributed by atoms with Gasteiger partial charge in [0.25, 0.3) is 0 Å². The summed E-state index contributed by atoms with van der Waals surface area (Å²) in [5, 5.41) is 19.6. The van der Waals surface area contributed by atoms with Crippen LogP contribution in [0.3, 0.4) is 0 Å². The molecule has 2 aliphatic rings. The Bertz CT molecular complexity index is 1040. The largest absolute Gasteiger partial charge is 0.353 e. The number of nitrogens with one attached hydrogen (secondary N) is 3. The Balaban J connectivity index is 1.47. The number of anilines is 2. The predicted molar refractivity (Wildman–Crippen MR) is 104 cm³/mol. The van der Waals surface area contributed by atoms with E-state index in [9.17, 15) is 8.42 Å². The van der Waals surface area contributed by atoms with Crippen molar-refractivity contribution in [3.63, 3.8) is 0 Å². The lowest BCUT2D eigenvalue weighted by molar-refractivity contribution is 0.443. The Morgan fingerprint density at radius 1 is 1.39 bits per heavy atom. The highest BCUT2D eigenvalue weighted by Crippen LogP contribution is 2.35. The normalized spacial score (nSPS) is 18.7. The van der Waals surface area contributed by atoms with Crippen molar-refractivity contribution in [2.24, 2.45) is 0 Å². The van der Waals surface area contributed by atoms with Gasteiger partial charge in [0.05, 0.1) is 11.8 Å². The zero-order chi connectivity index (χ0) is 19.9. The van der Waals surface area contributed by atoms with E-state index in [1.807, 2.05) is 18.0 Å². The molecule has 0 aromatic carbocycles. The lowest BCUT2D eigenvalue weighted by Crippen LogP contribution is -2.57. The van der Waals surface area contributed by atoms with Crippen LogP contribution in [0.5, 0.6) is 0 Å². The van der Waals surface area contributed by atoms with Crippen LogP contribution < -0.4 is 20.3 Å². The molecule has 13 heteroatoms. The average molecular weight is 426 g/mol. The molecule has 11 nitrogen and oxygen atoms in total. The molecule has 0 spiro atoms. The summed E-state index contributed by atoms with van der Waals surface area (Å²) in [5.74, 6) is 0.689. The van der Waals surface area contributed by atoms with Gasteiger partial charge in [0.1, 0.15) is 5.54 Å². The number of likely N-dealkylation sites (N-methyl/N-ethyl adjacent to an activating group) is 1. The third kappa shape index (κ3) is 3.83. The predicted octanol–water partition coefficient (Wildman–Crippen LogP) is -0.427. The highest BCUT2D eigenvalue weighted by molar-refractivity contribution is 7.89. The fourth-order valence-electron chi connectivity index (χ4n) is 2.94. The lowest BCUT2D eigenvalue weighted by Gasteiger charge is -2.39. The maximum Gasteiger partial charge on any atom is 0.230 e.